The Hall–Kier alpha value is -1.64. The average Bonchev–Trinajstić information content (AvgIpc) is 2.68. The van der Waals surface area contributed by atoms with Gasteiger partial charge < -0.3 is 9.80 Å². The molecule has 0 radical (unpaired) electrons. The second-order valence-corrected chi connectivity index (χ2v) is 8.71. The summed E-state index contributed by atoms with van der Waals surface area (Å²) in [5.74, 6) is -1.74. The quantitative estimate of drug-likeness (QED) is 0.392. The molecule has 0 aromatic heterocycles. The fraction of sp³-hybridized carbons (Fsp3) is 0.350. The van der Waals surface area contributed by atoms with Crippen LogP contribution in [0.25, 0.3) is 0 Å². The van der Waals surface area contributed by atoms with Crippen LogP contribution in [0.2, 0.25) is 10.0 Å². The number of hydrogen-bond acceptors (Lipinski definition) is 3. The van der Waals surface area contributed by atoms with Crippen LogP contribution >= 0.6 is 35.0 Å². The summed E-state index contributed by atoms with van der Waals surface area (Å²) >= 11 is 12.5. The largest absolute Gasteiger partial charge is 0.398 e. The molecule has 0 unspecified atom stereocenters. The number of thioether (sulfide) groups is 1. The van der Waals surface area contributed by atoms with E-state index in [9.17, 15) is 22.4 Å². The number of nitrogens with zero attached hydrogens (tertiary/aromatic N) is 2. The second kappa shape index (κ2) is 9.24. The number of aryl methyl sites for hydroxylation is 1. The molecule has 2 aromatic carbocycles. The van der Waals surface area contributed by atoms with Crippen molar-refractivity contribution in [1.29, 1.82) is 0 Å². The molecule has 0 N–H and O–H groups in total. The van der Waals surface area contributed by atoms with Gasteiger partial charge in [0.25, 0.3) is 5.91 Å². The number of piperazine rings is 1. The summed E-state index contributed by atoms with van der Waals surface area (Å²) in [7, 11) is 0. The van der Waals surface area contributed by atoms with Gasteiger partial charge in [-0.2, -0.15) is 13.2 Å². The zero-order valence-corrected chi connectivity index (χ0v) is 18.2. The van der Waals surface area contributed by atoms with Gasteiger partial charge in [0.15, 0.2) is 0 Å². The first kappa shape index (κ1) is 23.0. The molecule has 1 saturated heterocycles. The lowest BCUT2D eigenvalue weighted by Gasteiger charge is -2.36. The SMILES string of the molecule is Cc1cc(F)c(N2CCN(C(=O)c3ccc(Cl)c(Cl)c3)CC2)cc1SCC(F)(F)F. The van der Waals surface area contributed by atoms with E-state index >= 15 is 0 Å². The Kier molecular flexibility index (Phi) is 7.09. The van der Waals surface area contributed by atoms with Gasteiger partial charge in [0, 0.05) is 36.6 Å². The summed E-state index contributed by atoms with van der Waals surface area (Å²) < 4.78 is 52.2. The highest BCUT2D eigenvalue weighted by Crippen LogP contribution is 2.34. The fourth-order valence-electron chi connectivity index (χ4n) is 3.16. The number of rotatable bonds is 4. The number of amides is 1. The lowest BCUT2D eigenvalue weighted by Crippen LogP contribution is -2.49. The fourth-order valence-corrected chi connectivity index (χ4v) is 4.26. The molecule has 0 saturated carbocycles. The van der Waals surface area contributed by atoms with Gasteiger partial charge in [-0.15, -0.1) is 11.8 Å². The summed E-state index contributed by atoms with van der Waals surface area (Å²) in [6.07, 6.45) is -4.30. The summed E-state index contributed by atoms with van der Waals surface area (Å²) in [5.41, 5.74) is 1.11. The van der Waals surface area contributed by atoms with Crippen LogP contribution in [-0.2, 0) is 0 Å². The smallest absolute Gasteiger partial charge is 0.366 e. The van der Waals surface area contributed by atoms with Gasteiger partial charge in [-0.3, -0.25) is 4.79 Å². The predicted octanol–water partition coefficient (Wildman–Crippen LogP) is 6.06. The summed E-state index contributed by atoms with van der Waals surface area (Å²) in [4.78, 5) is 16.4. The lowest BCUT2D eigenvalue weighted by atomic mass is 10.1. The zero-order valence-electron chi connectivity index (χ0n) is 15.9. The van der Waals surface area contributed by atoms with E-state index in [0.717, 1.165) is 0 Å². The molecule has 1 fully saturated rings. The van der Waals surface area contributed by atoms with Crippen LogP contribution in [0.1, 0.15) is 15.9 Å². The number of halogens is 6. The number of alkyl halides is 3. The summed E-state index contributed by atoms with van der Waals surface area (Å²) in [6.45, 7) is 2.99. The van der Waals surface area contributed by atoms with Crippen LogP contribution in [-0.4, -0.2) is 48.9 Å². The summed E-state index contributed by atoms with van der Waals surface area (Å²) in [6, 6.07) is 7.35. The van der Waals surface area contributed by atoms with E-state index in [2.05, 4.69) is 0 Å². The van der Waals surface area contributed by atoms with Crippen LogP contribution in [0.15, 0.2) is 35.2 Å². The Bertz CT molecular complexity index is 947. The molecule has 0 bridgehead atoms. The third kappa shape index (κ3) is 5.53. The molecule has 1 aliphatic heterocycles. The van der Waals surface area contributed by atoms with Crippen molar-refractivity contribution >= 4 is 46.6 Å². The minimum absolute atomic E-state index is 0.209. The molecule has 10 heteroatoms. The molecule has 3 rings (SSSR count). The van der Waals surface area contributed by atoms with Crippen LogP contribution < -0.4 is 4.90 Å². The molecule has 30 heavy (non-hydrogen) atoms. The molecule has 1 amide bonds. The van der Waals surface area contributed by atoms with Crippen LogP contribution in [0.5, 0.6) is 0 Å². The first-order valence-electron chi connectivity index (χ1n) is 9.04. The van der Waals surface area contributed by atoms with Gasteiger partial charge in [-0.05, 0) is 42.8 Å². The molecular weight excluding hydrogens is 463 g/mol. The predicted molar refractivity (Wildman–Crippen MR) is 112 cm³/mol. The monoisotopic (exact) mass is 480 g/mol. The van der Waals surface area contributed by atoms with E-state index in [1.807, 2.05) is 0 Å². The Morgan fingerprint density at radius 2 is 1.73 bits per heavy atom. The molecule has 1 aliphatic rings. The molecule has 0 atom stereocenters. The van der Waals surface area contributed by atoms with E-state index in [1.54, 1.807) is 28.9 Å². The third-order valence-corrected chi connectivity index (χ3v) is 6.67. The number of benzene rings is 2. The van der Waals surface area contributed by atoms with Gasteiger partial charge in [0.2, 0.25) is 0 Å². The van der Waals surface area contributed by atoms with Gasteiger partial charge in [-0.25, -0.2) is 4.39 Å². The van der Waals surface area contributed by atoms with E-state index in [0.29, 0.717) is 59.0 Å². The maximum absolute atomic E-state index is 14.5. The minimum Gasteiger partial charge on any atom is -0.366 e. The highest BCUT2D eigenvalue weighted by molar-refractivity contribution is 7.99. The first-order valence-corrected chi connectivity index (χ1v) is 10.8. The molecule has 0 aliphatic carbocycles. The molecule has 162 valence electrons. The highest BCUT2D eigenvalue weighted by atomic mass is 35.5. The Morgan fingerprint density at radius 1 is 1.07 bits per heavy atom. The Balaban J connectivity index is 1.69. The van der Waals surface area contributed by atoms with Crippen molar-refractivity contribution in [3.05, 3.63) is 57.3 Å². The average molecular weight is 481 g/mol. The van der Waals surface area contributed by atoms with E-state index < -0.39 is 17.7 Å². The van der Waals surface area contributed by atoms with Crippen LogP contribution in [0.3, 0.4) is 0 Å². The van der Waals surface area contributed by atoms with Gasteiger partial charge >= 0.3 is 6.18 Å². The van der Waals surface area contributed by atoms with Crippen molar-refractivity contribution in [2.45, 2.75) is 18.0 Å². The lowest BCUT2D eigenvalue weighted by molar-refractivity contribution is -0.105. The highest BCUT2D eigenvalue weighted by Gasteiger charge is 2.29. The van der Waals surface area contributed by atoms with Crippen LogP contribution in [0.4, 0.5) is 23.2 Å². The normalized spacial score (nSPS) is 14.9. The van der Waals surface area contributed by atoms with Crippen molar-refractivity contribution in [2.75, 3.05) is 36.8 Å². The minimum atomic E-state index is -4.30. The van der Waals surface area contributed by atoms with E-state index in [-0.39, 0.29) is 16.6 Å². The topological polar surface area (TPSA) is 23.6 Å². The molecule has 2 aromatic rings. The maximum Gasteiger partial charge on any atom is 0.398 e. The first-order chi connectivity index (χ1) is 14.0. The van der Waals surface area contributed by atoms with Crippen LogP contribution in [0, 0.1) is 12.7 Å². The number of carbonyl (C=O) groups is 1. The molecule has 1 heterocycles. The van der Waals surface area contributed by atoms with Crippen molar-refractivity contribution < 1.29 is 22.4 Å². The molecule has 3 nitrogen and oxygen atoms in total. The molecule has 0 spiro atoms. The van der Waals surface area contributed by atoms with E-state index in [4.69, 9.17) is 23.2 Å². The van der Waals surface area contributed by atoms with E-state index in [1.165, 1.54) is 18.2 Å². The maximum atomic E-state index is 14.5. The Morgan fingerprint density at radius 3 is 2.33 bits per heavy atom. The van der Waals surface area contributed by atoms with Crippen molar-refractivity contribution in [2.24, 2.45) is 0 Å². The standard InChI is InChI=1S/C20H18Cl2F4N2OS/c1-12-8-16(23)17(10-18(12)30-11-20(24,25)26)27-4-6-28(7-5-27)19(29)13-2-3-14(21)15(22)9-13/h2-3,8-10H,4-7,11H2,1H3. The van der Waals surface area contributed by atoms with Crippen molar-refractivity contribution in [3.8, 4) is 0 Å². The number of carbonyl (C=O) groups excluding carboxylic acids is 1. The van der Waals surface area contributed by atoms with Crippen molar-refractivity contribution in [1.82, 2.24) is 4.90 Å². The number of anilines is 1. The summed E-state index contributed by atoms with van der Waals surface area (Å²) in [5, 5.41) is 0.638. The van der Waals surface area contributed by atoms with Gasteiger partial charge in [0.1, 0.15) is 5.82 Å². The zero-order chi connectivity index (χ0) is 22.1. The Labute approximate surface area is 185 Å². The van der Waals surface area contributed by atoms with Crippen molar-refractivity contribution in [3.63, 3.8) is 0 Å². The number of hydrogen-bond donors (Lipinski definition) is 0. The van der Waals surface area contributed by atoms with Gasteiger partial charge in [0.05, 0.1) is 21.5 Å². The second-order valence-electron chi connectivity index (χ2n) is 6.88. The van der Waals surface area contributed by atoms with Gasteiger partial charge in [-0.1, -0.05) is 23.2 Å². The third-order valence-electron chi connectivity index (χ3n) is 4.71. The molecular formula is C20H18Cl2F4N2OS.